The SMILES string of the molecule is CCOCC1(CN2CC3COCC3C2)CC1. The molecule has 2 unspecified atom stereocenters. The van der Waals surface area contributed by atoms with Crippen LogP contribution in [0.15, 0.2) is 0 Å². The van der Waals surface area contributed by atoms with E-state index < -0.39 is 0 Å². The predicted molar refractivity (Wildman–Crippen MR) is 62.4 cm³/mol. The van der Waals surface area contributed by atoms with Gasteiger partial charge in [0.2, 0.25) is 0 Å². The van der Waals surface area contributed by atoms with Gasteiger partial charge in [0.15, 0.2) is 0 Å². The number of nitrogens with zero attached hydrogens (tertiary/aromatic N) is 1. The summed E-state index contributed by atoms with van der Waals surface area (Å²) >= 11 is 0. The molecule has 2 saturated heterocycles. The van der Waals surface area contributed by atoms with Crippen LogP contribution in [0.25, 0.3) is 0 Å². The highest BCUT2D eigenvalue weighted by atomic mass is 16.5. The van der Waals surface area contributed by atoms with Crippen LogP contribution >= 0.6 is 0 Å². The van der Waals surface area contributed by atoms with Crippen LogP contribution in [-0.4, -0.2) is 51.0 Å². The van der Waals surface area contributed by atoms with Gasteiger partial charge < -0.3 is 14.4 Å². The Bertz CT molecular complexity index is 240. The van der Waals surface area contributed by atoms with Gasteiger partial charge in [-0.15, -0.1) is 0 Å². The van der Waals surface area contributed by atoms with Gasteiger partial charge in [-0.3, -0.25) is 0 Å². The highest BCUT2D eigenvalue weighted by Crippen LogP contribution is 2.47. The maximum Gasteiger partial charge on any atom is 0.0534 e. The van der Waals surface area contributed by atoms with Crippen LogP contribution in [0, 0.1) is 17.3 Å². The van der Waals surface area contributed by atoms with Crippen molar-refractivity contribution in [2.75, 3.05) is 46.1 Å². The molecule has 2 aliphatic heterocycles. The Labute approximate surface area is 98.1 Å². The first-order chi connectivity index (χ1) is 7.81. The molecule has 3 rings (SSSR count). The van der Waals surface area contributed by atoms with Crippen LogP contribution in [-0.2, 0) is 9.47 Å². The number of hydrogen-bond donors (Lipinski definition) is 0. The van der Waals surface area contributed by atoms with E-state index in [9.17, 15) is 0 Å². The second-order valence-electron chi connectivity index (χ2n) is 5.89. The van der Waals surface area contributed by atoms with Crippen LogP contribution in [0.5, 0.6) is 0 Å². The van der Waals surface area contributed by atoms with Crippen molar-refractivity contribution in [1.82, 2.24) is 4.90 Å². The van der Waals surface area contributed by atoms with Crippen molar-refractivity contribution in [2.45, 2.75) is 19.8 Å². The van der Waals surface area contributed by atoms with Gasteiger partial charge >= 0.3 is 0 Å². The van der Waals surface area contributed by atoms with Crippen LogP contribution < -0.4 is 0 Å². The minimum atomic E-state index is 0.523. The number of fused-ring (bicyclic) bond motifs is 1. The van der Waals surface area contributed by atoms with E-state index >= 15 is 0 Å². The minimum Gasteiger partial charge on any atom is -0.381 e. The first-order valence-electron chi connectivity index (χ1n) is 6.69. The summed E-state index contributed by atoms with van der Waals surface area (Å²) in [6.07, 6.45) is 2.74. The summed E-state index contributed by atoms with van der Waals surface area (Å²) in [6.45, 7) is 9.72. The standard InChI is InChI=1S/C13H23NO2/c1-2-15-10-13(3-4-13)9-14-5-11-7-16-8-12(11)6-14/h11-12H,2-10H2,1H3. The Kier molecular flexibility index (Phi) is 2.94. The molecular weight excluding hydrogens is 202 g/mol. The zero-order valence-corrected chi connectivity index (χ0v) is 10.3. The molecule has 0 bridgehead atoms. The van der Waals surface area contributed by atoms with Gasteiger partial charge in [-0.05, 0) is 19.8 Å². The maximum absolute atomic E-state index is 5.61. The molecule has 92 valence electrons. The third-order valence-electron chi connectivity index (χ3n) is 4.44. The Hall–Kier alpha value is -0.120. The van der Waals surface area contributed by atoms with E-state index in [1.807, 2.05) is 0 Å². The molecule has 3 aliphatic rings. The van der Waals surface area contributed by atoms with E-state index in [1.165, 1.54) is 32.5 Å². The van der Waals surface area contributed by atoms with Crippen molar-refractivity contribution in [3.05, 3.63) is 0 Å². The monoisotopic (exact) mass is 225 g/mol. The normalized spacial score (nSPS) is 36.6. The lowest BCUT2D eigenvalue weighted by Gasteiger charge is -2.23. The van der Waals surface area contributed by atoms with Crippen LogP contribution in [0.2, 0.25) is 0 Å². The van der Waals surface area contributed by atoms with Crippen molar-refractivity contribution in [3.63, 3.8) is 0 Å². The molecule has 3 fully saturated rings. The Morgan fingerprint density at radius 1 is 1.25 bits per heavy atom. The van der Waals surface area contributed by atoms with Crippen molar-refractivity contribution < 1.29 is 9.47 Å². The average Bonchev–Trinajstić information content (AvgIpc) is 2.69. The maximum atomic E-state index is 5.61. The van der Waals surface area contributed by atoms with Gasteiger partial charge in [-0.1, -0.05) is 0 Å². The van der Waals surface area contributed by atoms with Gasteiger partial charge in [-0.25, -0.2) is 0 Å². The smallest absolute Gasteiger partial charge is 0.0534 e. The number of ether oxygens (including phenoxy) is 2. The lowest BCUT2D eigenvalue weighted by molar-refractivity contribution is 0.0773. The van der Waals surface area contributed by atoms with E-state index in [0.29, 0.717) is 5.41 Å². The van der Waals surface area contributed by atoms with Crippen molar-refractivity contribution >= 4 is 0 Å². The van der Waals surface area contributed by atoms with Gasteiger partial charge in [-0.2, -0.15) is 0 Å². The van der Waals surface area contributed by atoms with E-state index in [2.05, 4.69) is 11.8 Å². The van der Waals surface area contributed by atoms with Gasteiger partial charge in [0.25, 0.3) is 0 Å². The highest BCUT2D eigenvalue weighted by molar-refractivity contribution is 4.98. The number of hydrogen-bond acceptors (Lipinski definition) is 3. The summed E-state index contributed by atoms with van der Waals surface area (Å²) in [5.74, 6) is 1.64. The highest BCUT2D eigenvalue weighted by Gasteiger charge is 2.47. The summed E-state index contributed by atoms with van der Waals surface area (Å²) in [7, 11) is 0. The summed E-state index contributed by atoms with van der Waals surface area (Å²) < 4.78 is 11.1. The predicted octanol–water partition coefficient (Wildman–Crippen LogP) is 1.38. The molecule has 0 amide bonds. The molecule has 0 radical (unpaired) electrons. The summed E-state index contributed by atoms with van der Waals surface area (Å²) in [5, 5.41) is 0. The topological polar surface area (TPSA) is 21.7 Å². The van der Waals surface area contributed by atoms with Crippen molar-refractivity contribution in [2.24, 2.45) is 17.3 Å². The molecule has 3 heteroatoms. The molecular formula is C13H23NO2. The summed E-state index contributed by atoms with van der Waals surface area (Å²) in [6, 6.07) is 0. The molecule has 1 aliphatic carbocycles. The molecule has 16 heavy (non-hydrogen) atoms. The number of likely N-dealkylation sites (tertiary alicyclic amines) is 1. The fraction of sp³-hybridized carbons (Fsp3) is 1.00. The van der Waals surface area contributed by atoms with E-state index in [0.717, 1.165) is 38.3 Å². The third-order valence-corrected chi connectivity index (χ3v) is 4.44. The zero-order valence-electron chi connectivity index (χ0n) is 10.3. The molecule has 3 nitrogen and oxygen atoms in total. The van der Waals surface area contributed by atoms with E-state index in [-0.39, 0.29) is 0 Å². The fourth-order valence-corrected chi connectivity index (χ4v) is 3.23. The van der Waals surface area contributed by atoms with Crippen LogP contribution in [0.3, 0.4) is 0 Å². The molecule has 0 N–H and O–H groups in total. The molecule has 2 heterocycles. The molecule has 0 aromatic rings. The first-order valence-corrected chi connectivity index (χ1v) is 6.69. The Balaban J connectivity index is 1.49. The first kappa shape index (κ1) is 11.0. The van der Waals surface area contributed by atoms with Gasteiger partial charge in [0.05, 0.1) is 19.8 Å². The largest absolute Gasteiger partial charge is 0.381 e. The van der Waals surface area contributed by atoms with E-state index in [4.69, 9.17) is 9.47 Å². The molecule has 0 aromatic carbocycles. The quantitative estimate of drug-likeness (QED) is 0.705. The number of rotatable bonds is 5. The van der Waals surface area contributed by atoms with Crippen molar-refractivity contribution in [1.29, 1.82) is 0 Å². The van der Waals surface area contributed by atoms with E-state index in [1.54, 1.807) is 0 Å². The Morgan fingerprint density at radius 2 is 1.94 bits per heavy atom. The molecule has 2 atom stereocenters. The second kappa shape index (κ2) is 4.28. The van der Waals surface area contributed by atoms with Crippen LogP contribution in [0.4, 0.5) is 0 Å². The van der Waals surface area contributed by atoms with Crippen molar-refractivity contribution in [3.8, 4) is 0 Å². The lowest BCUT2D eigenvalue weighted by atomic mass is 10.0. The Morgan fingerprint density at radius 3 is 2.50 bits per heavy atom. The van der Waals surface area contributed by atoms with Gasteiger partial charge in [0.1, 0.15) is 0 Å². The summed E-state index contributed by atoms with van der Waals surface area (Å²) in [5.41, 5.74) is 0.523. The second-order valence-corrected chi connectivity index (χ2v) is 5.89. The molecule has 1 saturated carbocycles. The van der Waals surface area contributed by atoms with Crippen LogP contribution in [0.1, 0.15) is 19.8 Å². The molecule has 0 aromatic heterocycles. The molecule has 0 spiro atoms. The summed E-state index contributed by atoms with van der Waals surface area (Å²) in [4.78, 5) is 2.66. The fourth-order valence-electron chi connectivity index (χ4n) is 3.23. The average molecular weight is 225 g/mol. The third kappa shape index (κ3) is 2.13. The lowest BCUT2D eigenvalue weighted by Crippen LogP contribution is -2.32. The zero-order chi connectivity index (χ0) is 11.0. The van der Waals surface area contributed by atoms with Gasteiger partial charge in [0, 0.05) is 43.5 Å². The minimum absolute atomic E-state index is 0.523.